The number of urea groups is 1. The Labute approximate surface area is 123 Å². The van der Waals surface area contributed by atoms with E-state index in [1.165, 1.54) is 6.92 Å². The highest BCUT2D eigenvalue weighted by molar-refractivity contribution is 5.96. The number of hydrogen-bond acceptors (Lipinski definition) is 3. The van der Waals surface area contributed by atoms with E-state index in [1.807, 2.05) is 0 Å². The number of carbonyl (C=O) groups excluding carboxylic acids is 2. The minimum Gasteiger partial charge on any atom is -0.480 e. The fourth-order valence-corrected chi connectivity index (χ4v) is 1.95. The van der Waals surface area contributed by atoms with E-state index in [2.05, 4.69) is 10.6 Å². The molecule has 0 heterocycles. The molecule has 0 atom stereocenters. The zero-order valence-electron chi connectivity index (χ0n) is 12.4. The van der Waals surface area contributed by atoms with Crippen LogP contribution in [0.1, 0.15) is 44.0 Å². The zero-order valence-corrected chi connectivity index (χ0v) is 12.4. The van der Waals surface area contributed by atoms with Crippen molar-refractivity contribution in [1.82, 2.24) is 5.32 Å². The van der Waals surface area contributed by atoms with Crippen LogP contribution in [-0.4, -0.2) is 28.4 Å². The number of rotatable bonds is 6. The summed E-state index contributed by atoms with van der Waals surface area (Å²) in [5, 5.41) is 14.3. The Morgan fingerprint density at radius 3 is 2.00 bits per heavy atom. The molecule has 6 nitrogen and oxygen atoms in total. The SMILES string of the molecule is CCC(CC)(NC(=O)Nc1ccc(C(C)=O)cc1)C(=O)O. The highest BCUT2D eigenvalue weighted by atomic mass is 16.4. The van der Waals surface area contributed by atoms with Gasteiger partial charge in [0.05, 0.1) is 0 Å². The van der Waals surface area contributed by atoms with Crippen molar-refractivity contribution in [2.24, 2.45) is 0 Å². The minimum atomic E-state index is -1.27. The second-order valence-electron chi connectivity index (χ2n) is 4.81. The van der Waals surface area contributed by atoms with Crippen LogP contribution in [0.3, 0.4) is 0 Å². The van der Waals surface area contributed by atoms with Crippen LogP contribution in [-0.2, 0) is 4.79 Å². The lowest BCUT2D eigenvalue weighted by Gasteiger charge is -2.28. The van der Waals surface area contributed by atoms with Crippen LogP contribution in [0.5, 0.6) is 0 Å². The normalized spacial score (nSPS) is 10.8. The van der Waals surface area contributed by atoms with E-state index >= 15 is 0 Å². The molecule has 3 N–H and O–H groups in total. The molecule has 0 spiro atoms. The number of amides is 2. The molecule has 0 saturated heterocycles. The van der Waals surface area contributed by atoms with Gasteiger partial charge in [-0.15, -0.1) is 0 Å². The van der Waals surface area contributed by atoms with Gasteiger partial charge in [-0.05, 0) is 44.0 Å². The first-order chi connectivity index (χ1) is 9.84. The van der Waals surface area contributed by atoms with Crippen molar-refractivity contribution in [3.8, 4) is 0 Å². The first-order valence-electron chi connectivity index (χ1n) is 6.78. The topological polar surface area (TPSA) is 95.5 Å². The summed E-state index contributed by atoms with van der Waals surface area (Å²) in [5.41, 5.74) is -0.240. The van der Waals surface area contributed by atoms with Crippen LogP contribution in [0.25, 0.3) is 0 Å². The number of carboxylic acid groups (broad SMARTS) is 1. The quantitative estimate of drug-likeness (QED) is 0.702. The third kappa shape index (κ3) is 4.05. The van der Waals surface area contributed by atoms with Crippen LogP contribution < -0.4 is 10.6 Å². The lowest BCUT2D eigenvalue weighted by atomic mass is 9.93. The van der Waals surface area contributed by atoms with Crippen molar-refractivity contribution in [2.75, 3.05) is 5.32 Å². The molecule has 0 bridgehead atoms. The number of carbonyl (C=O) groups is 3. The fourth-order valence-electron chi connectivity index (χ4n) is 1.95. The van der Waals surface area contributed by atoms with E-state index in [0.717, 1.165) is 0 Å². The minimum absolute atomic E-state index is 0.0622. The zero-order chi connectivity index (χ0) is 16.0. The molecular formula is C15H20N2O4. The van der Waals surface area contributed by atoms with Gasteiger partial charge in [-0.3, -0.25) is 4.79 Å². The van der Waals surface area contributed by atoms with Crippen LogP contribution in [0, 0.1) is 0 Å². The van der Waals surface area contributed by atoms with Crippen molar-refractivity contribution >= 4 is 23.5 Å². The average molecular weight is 292 g/mol. The van der Waals surface area contributed by atoms with E-state index in [1.54, 1.807) is 38.1 Å². The molecular weight excluding hydrogens is 272 g/mol. The van der Waals surface area contributed by atoms with Gasteiger partial charge < -0.3 is 15.7 Å². The van der Waals surface area contributed by atoms with Gasteiger partial charge in [0.25, 0.3) is 0 Å². The van der Waals surface area contributed by atoms with Gasteiger partial charge >= 0.3 is 12.0 Å². The number of carboxylic acids is 1. The molecule has 0 aliphatic carbocycles. The van der Waals surface area contributed by atoms with Crippen LogP contribution >= 0.6 is 0 Å². The van der Waals surface area contributed by atoms with Crippen molar-refractivity contribution in [2.45, 2.75) is 39.2 Å². The molecule has 1 aromatic carbocycles. The molecule has 2 amide bonds. The number of nitrogens with one attached hydrogen (secondary N) is 2. The summed E-state index contributed by atoms with van der Waals surface area (Å²) in [7, 11) is 0. The Kier molecular flexibility index (Phi) is 5.46. The lowest BCUT2D eigenvalue weighted by Crippen LogP contribution is -2.54. The van der Waals surface area contributed by atoms with E-state index in [9.17, 15) is 19.5 Å². The standard InChI is InChI=1S/C15H20N2O4/c1-4-15(5-2,13(19)20)17-14(21)16-12-8-6-11(7-9-12)10(3)18/h6-9H,4-5H2,1-3H3,(H,19,20)(H2,16,17,21). The third-order valence-corrected chi connectivity index (χ3v) is 3.52. The maximum atomic E-state index is 11.9. The van der Waals surface area contributed by atoms with E-state index < -0.39 is 17.5 Å². The number of aliphatic carboxylic acids is 1. The molecule has 0 fully saturated rings. The molecule has 0 aliphatic rings. The highest BCUT2D eigenvalue weighted by Gasteiger charge is 2.36. The molecule has 0 aliphatic heterocycles. The maximum Gasteiger partial charge on any atom is 0.329 e. The second kappa shape index (κ2) is 6.88. The summed E-state index contributed by atoms with van der Waals surface area (Å²) < 4.78 is 0. The van der Waals surface area contributed by atoms with Crippen LogP contribution in [0.4, 0.5) is 10.5 Å². The van der Waals surface area contributed by atoms with E-state index in [0.29, 0.717) is 11.3 Å². The molecule has 0 radical (unpaired) electrons. The van der Waals surface area contributed by atoms with Gasteiger partial charge in [-0.25, -0.2) is 9.59 Å². The first kappa shape index (κ1) is 16.7. The van der Waals surface area contributed by atoms with Gasteiger partial charge in [-0.1, -0.05) is 13.8 Å². The number of anilines is 1. The molecule has 0 aromatic heterocycles. The number of benzene rings is 1. The highest BCUT2D eigenvalue weighted by Crippen LogP contribution is 2.16. The second-order valence-corrected chi connectivity index (χ2v) is 4.81. The van der Waals surface area contributed by atoms with Gasteiger partial charge in [0, 0.05) is 11.3 Å². The Hall–Kier alpha value is -2.37. The summed E-state index contributed by atoms with van der Waals surface area (Å²) in [6.45, 7) is 4.87. The molecule has 0 saturated carbocycles. The monoisotopic (exact) mass is 292 g/mol. The molecule has 21 heavy (non-hydrogen) atoms. The van der Waals surface area contributed by atoms with Crippen LogP contribution in [0.2, 0.25) is 0 Å². The van der Waals surface area contributed by atoms with E-state index in [4.69, 9.17) is 0 Å². The van der Waals surface area contributed by atoms with Crippen LogP contribution in [0.15, 0.2) is 24.3 Å². The average Bonchev–Trinajstić information content (AvgIpc) is 2.45. The molecule has 6 heteroatoms. The van der Waals surface area contributed by atoms with Crippen molar-refractivity contribution in [1.29, 1.82) is 0 Å². The maximum absolute atomic E-state index is 11.9. The Balaban J connectivity index is 2.77. The summed E-state index contributed by atoms with van der Waals surface area (Å²) >= 11 is 0. The van der Waals surface area contributed by atoms with Gasteiger partial charge in [0.2, 0.25) is 0 Å². The third-order valence-electron chi connectivity index (χ3n) is 3.52. The molecule has 1 aromatic rings. The predicted octanol–water partition coefficient (Wildman–Crippen LogP) is 2.65. The smallest absolute Gasteiger partial charge is 0.329 e. The Bertz CT molecular complexity index is 533. The lowest BCUT2D eigenvalue weighted by molar-refractivity contribution is -0.144. The van der Waals surface area contributed by atoms with Gasteiger partial charge in [0.15, 0.2) is 5.78 Å². The van der Waals surface area contributed by atoms with Gasteiger partial charge in [0.1, 0.15) is 5.54 Å². The Morgan fingerprint density at radius 1 is 1.10 bits per heavy atom. The molecule has 114 valence electrons. The summed E-state index contributed by atoms with van der Waals surface area (Å²) in [5.74, 6) is -1.12. The summed E-state index contributed by atoms with van der Waals surface area (Å²) in [6.07, 6.45) is 0.574. The molecule has 0 unspecified atom stereocenters. The van der Waals surface area contributed by atoms with Crippen molar-refractivity contribution < 1.29 is 19.5 Å². The largest absolute Gasteiger partial charge is 0.480 e. The number of ketones is 1. The van der Waals surface area contributed by atoms with Gasteiger partial charge in [-0.2, -0.15) is 0 Å². The fraction of sp³-hybridized carbons (Fsp3) is 0.400. The molecule has 1 rings (SSSR count). The van der Waals surface area contributed by atoms with Crippen molar-refractivity contribution in [3.63, 3.8) is 0 Å². The number of Topliss-reactive ketones (excluding diaryl/α,β-unsaturated/α-hetero) is 1. The summed E-state index contributed by atoms with van der Waals surface area (Å²) in [6, 6.07) is 5.80. The van der Waals surface area contributed by atoms with Crippen molar-refractivity contribution in [3.05, 3.63) is 29.8 Å². The predicted molar refractivity (Wildman–Crippen MR) is 79.5 cm³/mol. The summed E-state index contributed by atoms with van der Waals surface area (Å²) in [4.78, 5) is 34.4. The first-order valence-corrected chi connectivity index (χ1v) is 6.78. The Morgan fingerprint density at radius 2 is 1.62 bits per heavy atom. The van der Waals surface area contributed by atoms with E-state index in [-0.39, 0.29) is 18.6 Å². The number of hydrogen-bond donors (Lipinski definition) is 3.